The van der Waals surface area contributed by atoms with E-state index in [0.717, 1.165) is 11.4 Å². The van der Waals surface area contributed by atoms with Crippen molar-refractivity contribution in [3.05, 3.63) is 149 Å². The summed E-state index contributed by atoms with van der Waals surface area (Å²) < 4.78 is 0. The van der Waals surface area contributed by atoms with Gasteiger partial charge in [-0.15, -0.1) is 0 Å². The number of benzene rings is 5. The molecule has 0 unspecified atom stereocenters. The van der Waals surface area contributed by atoms with Gasteiger partial charge in [-0.2, -0.15) is 0 Å². The Hall–Kier alpha value is -4.49. The van der Waals surface area contributed by atoms with Crippen molar-refractivity contribution in [3.8, 4) is 22.3 Å². The molecule has 0 heterocycles. The summed E-state index contributed by atoms with van der Waals surface area (Å²) in [6, 6.07) is 43.0. The van der Waals surface area contributed by atoms with E-state index in [2.05, 4.69) is 127 Å². The van der Waals surface area contributed by atoms with Crippen LogP contribution < -0.4 is 0 Å². The molecule has 0 saturated carbocycles. The van der Waals surface area contributed by atoms with E-state index in [0.29, 0.717) is 0 Å². The molecule has 0 aromatic heterocycles. The summed E-state index contributed by atoms with van der Waals surface area (Å²) in [6.07, 6.45) is 2.29. The average molecular weight is 432 g/mol. The molecule has 5 aromatic rings. The Morgan fingerprint density at radius 2 is 0.765 bits per heavy atom. The maximum Gasteiger partial charge on any atom is 0.0794 e. The summed E-state index contributed by atoms with van der Waals surface area (Å²) in [5.41, 5.74) is 14.6. The monoisotopic (exact) mass is 431 g/mol. The lowest BCUT2D eigenvalue weighted by Crippen LogP contribution is -1.97. The second-order valence-electron chi connectivity index (χ2n) is 8.79. The summed E-state index contributed by atoms with van der Waals surface area (Å²) in [6.45, 7) is 0. The Morgan fingerprint density at radius 1 is 0.382 bits per heavy atom. The number of hydrogen-bond acceptors (Lipinski definition) is 1. The molecule has 0 amide bonds. The summed E-state index contributed by atoms with van der Waals surface area (Å²) in [5, 5.41) is 0. The molecule has 0 aliphatic heterocycles. The predicted molar refractivity (Wildman–Crippen MR) is 142 cm³/mol. The van der Waals surface area contributed by atoms with E-state index in [1.165, 1.54) is 55.6 Å². The lowest BCUT2D eigenvalue weighted by atomic mass is 10.0. The number of rotatable bonds is 2. The first-order chi connectivity index (χ1) is 16.9. The smallest absolute Gasteiger partial charge is 0.0794 e. The van der Waals surface area contributed by atoms with Gasteiger partial charge >= 0.3 is 0 Å². The Morgan fingerprint density at radius 3 is 1.24 bits per heavy atom. The van der Waals surface area contributed by atoms with Crippen molar-refractivity contribution < 1.29 is 0 Å². The van der Waals surface area contributed by atoms with Gasteiger partial charge in [-0.25, -0.2) is 4.99 Å². The van der Waals surface area contributed by atoms with Crippen molar-refractivity contribution in [2.45, 2.75) is 0 Å². The third kappa shape index (κ3) is 2.91. The van der Waals surface area contributed by atoms with Crippen LogP contribution in [0.1, 0.15) is 27.8 Å². The summed E-state index contributed by atoms with van der Waals surface area (Å²) in [5.74, 6) is 0. The van der Waals surface area contributed by atoms with Gasteiger partial charge in [-0.3, -0.25) is 0 Å². The fourth-order valence-corrected chi connectivity index (χ4v) is 5.26. The first kappa shape index (κ1) is 19.0. The molecule has 0 bridgehead atoms. The van der Waals surface area contributed by atoms with Crippen LogP contribution in [0, 0.1) is 0 Å². The van der Waals surface area contributed by atoms with E-state index in [1.54, 1.807) is 0 Å². The highest BCUT2D eigenvalue weighted by atomic mass is 14.8. The van der Waals surface area contributed by atoms with Gasteiger partial charge in [0.2, 0.25) is 0 Å². The average Bonchev–Trinajstić information content (AvgIpc) is 3.39. The molecule has 0 radical (unpaired) electrons. The summed E-state index contributed by atoms with van der Waals surface area (Å²) in [4.78, 5) is 5.08. The Bertz CT molecular complexity index is 1410. The Kier molecular flexibility index (Phi) is 4.22. The standard InChI is InChI=1S/C33H21N/c1-3-13-28-24(9-1)25-10-2-4-14-29(25)32(28)21-22-17-19-23(20-18-22)34-33-30-15-7-5-11-26(30)27-12-6-8-16-31(27)33/h1-21H. The molecule has 1 nitrogen and oxygen atoms in total. The van der Waals surface area contributed by atoms with Crippen LogP contribution in [0.5, 0.6) is 0 Å². The van der Waals surface area contributed by atoms with E-state index in [1.807, 2.05) is 0 Å². The number of hydrogen-bond donors (Lipinski definition) is 0. The molecule has 5 aromatic carbocycles. The van der Waals surface area contributed by atoms with Crippen molar-refractivity contribution in [3.63, 3.8) is 0 Å². The molecular weight excluding hydrogens is 410 g/mol. The minimum atomic E-state index is 0.968. The first-order valence-corrected chi connectivity index (χ1v) is 11.7. The molecule has 0 spiro atoms. The van der Waals surface area contributed by atoms with Crippen LogP contribution >= 0.6 is 0 Å². The van der Waals surface area contributed by atoms with Crippen molar-refractivity contribution >= 4 is 23.0 Å². The lowest BCUT2D eigenvalue weighted by molar-refractivity contribution is 1.49. The minimum Gasteiger partial charge on any atom is -0.248 e. The third-order valence-electron chi connectivity index (χ3n) is 6.82. The van der Waals surface area contributed by atoms with Gasteiger partial charge in [0.15, 0.2) is 0 Å². The van der Waals surface area contributed by atoms with E-state index < -0.39 is 0 Å². The Labute approximate surface area is 199 Å². The molecular formula is C33H21N. The topological polar surface area (TPSA) is 12.4 Å². The molecule has 1 heteroatoms. The van der Waals surface area contributed by atoms with E-state index in [-0.39, 0.29) is 0 Å². The number of aliphatic imine (C=N–C) groups is 1. The Balaban J connectivity index is 1.29. The highest BCUT2D eigenvalue weighted by molar-refractivity contribution is 6.25. The van der Waals surface area contributed by atoms with Crippen LogP contribution in [0.15, 0.2) is 126 Å². The SMILES string of the molecule is C(=C1c2ccccc2-c2ccccc21)c1ccc(N=C2c3ccccc3-c3ccccc32)cc1. The fourth-order valence-electron chi connectivity index (χ4n) is 5.26. The van der Waals surface area contributed by atoms with Crippen LogP contribution in [-0.2, 0) is 0 Å². The lowest BCUT2D eigenvalue weighted by Gasteiger charge is -2.05. The van der Waals surface area contributed by atoms with Gasteiger partial charge in [-0.05, 0) is 62.7 Å². The van der Waals surface area contributed by atoms with Crippen molar-refractivity contribution in [2.24, 2.45) is 4.99 Å². The van der Waals surface area contributed by atoms with Crippen molar-refractivity contribution in [1.82, 2.24) is 0 Å². The first-order valence-electron chi connectivity index (χ1n) is 11.7. The highest BCUT2D eigenvalue weighted by Gasteiger charge is 2.24. The van der Waals surface area contributed by atoms with Crippen LogP contribution in [-0.4, -0.2) is 5.71 Å². The molecule has 2 aliphatic carbocycles. The minimum absolute atomic E-state index is 0.968. The largest absolute Gasteiger partial charge is 0.248 e. The normalized spacial score (nSPS) is 12.6. The molecule has 0 fully saturated rings. The summed E-state index contributed by atoms with van der Waals surface area (Å²) >= 11 is 0. The zero-order chi connectivity index (χ0) is 22.5. The zero-order valence-corrected chi connectivity index (χ0v) is 18.6. The highest BCUT2D eigenvalue weighted by Crippen LogP contribution is 2.44. The molecule has 34 heavy (non-hydrogen) atoms. The molecule has 0 N–H and O–H groups in total. The maximum atomic E-state index is 5.08. The summed E-state index contributed by atoms with van der Waals surface area (Å²) in [7, 11) is 0. The van der Waals surface area contributed by atoms with Crippen molar-refractivity contribution in [2.75, 3.05) is 0 Å². The van der Waals surface area contributed by atoms with Crippen LogP contribution in [0.25, 0.3) is 33.9 Å². The molecule has 2 aliphatic rings. The van der Waals surface area contributed by atoms with Crippen LogP contribution in [0.3, 0.4) is 0 Å². The van der Waals surface area contributed by atoms with Gasteiger partial charge in [0.1, 0.15) is 0 Å². The van der Waals surface area contributed by atoms with Gasteiger partial charge < -0.3 is 0 Å². The fraction of sp³-hybridized carbons (Fsp3) is 0. The van der Waals surface area contributed by atoms with Gasteiger partial charge in [0, 0.05) is 11.1 Å². The number of nitrogens with zero attached hydrogens (tertiary/aromatic N) is 1. The number of fused-ring (bicyclic) bond motifs is 6. The van der Waals surface area contributed by atoms with E-state index in [4.69, 9.17) is 4.99 Å². The molecule has 158 valence electrons. The zero-order valence-electron chi connectivity index (χ0n) is 18.6. The van der Waals surface area contributed by atoms with Crippen molar-refractivity contribution in [1.29, 1.82) is 0 Å². The van der Waals surface area contributed by atoms with Gasteiger partial charge in [-0.1, -0.05) is 109 Å². The third-order valence-corrected chi connectivity index (χ3v) is 6.82. The van der Waals surface area contributed by atoms with E-state index >= 15 is 0 Å². The van der Waals surface area contributed by atoms with Gasteiger partial charge in [0.25, 0.3) is 0 Å². The van der Waals surface area contributed by atoms with Gasteiger partial charge in [0.05, 0.1) is 11.4 Å². The predicted octanol–water partition coefficient (Wildman–Crippen LogP) is 8.41. The quantitative estimate of drug-likeness (QED) is 0.260. The second-order valence-corrected chi connectivity index (χ2v) is 8.79. The van der Waals surface area contributed by atoms with Crippen LogP contribution in [0.4, 0.5) is 5.69 Å². The van der Waals surface area contributed by atoms with E-state index in [9.17, 15) is 0 Å². The molecule has 0 atom stereocenters. The van der Waals surface area contributed by atoms with Crippen LogP contribution in [0.2, 0.25) is 0 Å². The maximum absolute atomic E-state index is 5.08. The second kappa shape index (κ2) is 7.54. The molecule has 7 rings (SSSR count). The molecule has 0 saturated heterocycles.